The molecule has 0 atom stereocenters. The molecule has 8 heteroatoms. The van der Waals surface area contributed by atoms with Crippen molar-refractivity contribution in [1.82, 2.24) is 0 Å². The summed E-state index contributed by atoms with van der Waals surface area (Å²) in [6.45, 7) is 3.64. The van der Waals surface area contributed by atoms with Gasteiger partial charge in [-0.3, -0.25) is 9.10 Å². The molecule has 0 saturated carbocycles. The van der Waals surface area contributed by atoms with Gasteiger partial charge >= 0.3 is 0 Å². The van der Waals surface area contributed by atoms with Crippen molar-refractivity contribution in [3.05, 3.63) is 83.4 Å². The quantitative estimate of drug-likeness (QED) is 0.469. The van der Waals surface area contributed by atoms with Gasteiger partial charge in [-0.1, -0.05) is 29.3 Å². The van der Waals surface area contributed by atoms with Crippen molar-refractivity contribution in [1.29, 1.82) is 0 Å². The second-order valence-corrected chi connectivity index (χ2v) is 10.7. The van der Waals surface area contributed by atoms with E-state index in [0.29, 0.717) is 16.4 Å². The lowest BCUT2D eigenvalue weighted by molar-refractivity contribution is -0.114. The molecule has 0 aromatic heterocycles. The van der Waals surface area contributed by atoms with Gasteiger partial charge in [-0.15, -0.1) is 0 Å². The summed E-state index contributed by atoms with van der Waals surface area (Å²) in [6, 6.07) is 20.6. The Hall–Kier alpha value is -3.03. The first-order valence-corrected chi connectivity index (χ1v) is 13.1. The van der Waals surface area contributed by atoms with E-state index in [4.69, 9.17) is 11.6 Å². The highest BCUT2D eigenvalue weighted by Crippen LogP contribution is 2.26. The molecule has 1 aliphatic rings. The molecule has 1 fully saturated rings. The fourth-order valence-electron chi connectivity index (χ4n) is 4.00. The number of piperidine rings is 1. The van der Waals surface area contributed by atoms with Crippen LogP contribution in [0.4, 0.5) is 17.1 Å². The number of benzene rings is 3. The number of hydrogen-bond acceptors (Lipinski definition) is 4. The molecule has 0 radical (unpaired) electrons. The van der Waals surface area contributed by atoms with Gasteiger partial charge in [0.05, 0.1) is 10.6 Å². The molecule has 3 aromatic carbocycles. The average Bonchev–Trinajstić information content (AvgIpc) is 2.84. The van der Waals surface area contributed by atoms with Gasteiger partial charge in [0.1, 0.15) is 6.54 Å². The number of hydrogen-bond donors (Lipinski definition) is 1. The van der Waals surface area contributed by atoms with Crippen LogP contribution in [0.3, 0.4) is 0 Å². The summed E-state index contributed by atoms with van der Waals surface area (Å²) >= 11 is 5.94. The van der Waals surface area contributed by atoms with Crippen LogP contribution in [0.1, 0.15) is 24.8 Å². The number of halogens is 1. The summed E-state index contributed by atoms with van der Waals surface area (Å²) in [5.41, 5.74) is 3.16. The van der Waals surface area contributed by atoms with Crippen LogP contribution in [0, 0.1) is 6.92 Å². The molecule has 1 amide bonds. The van der Waals surface area contributed by atoms with Crippen molar-refractivity contribution >= 4 is 44.6 Å². The number of carbonyl (C=O) groups is 1. The lowest BCUT2D eigenvalue weighted by Crippen LogP contribution is -2.38. The van der Waals surface area contributed by atoms with E-state index in [1.54, 1.807) is 12.1 Å². The van der Waals surface area contributed by atoms with E-state index in [0.717, 1.165) is 28.6 Å². The lowest BCUT2D eigenvalue weighted by atomic mass is 10.1. The first-order chi connectivity index (χ1) is 16.3. The highest BCUT2D eigenvalue weighted by molar-refractivity contribution is 7.92. The van der Waals surface area contributed by atoms with Gasteiger partial charge in [-0.2, -0.15) is 0 Å². The smallest absolute Gasteiger partial charge is 0.264 e. The molecule has 4 rings (SSSR count). The third-order valence-electron chi connectivity index (χ3n) is 5.88. The van der Waals surface area contributed by atoms with Gasteiger partial charge in [0.15, 0.2) is 0 Å². The Morgan fingerprint density at radius 1 is 0.912 bits per heavy atom. The zero-order chi connectivity index (χ0) is 24.1. The first-order valence-electron chi connectivity index (χ1n) is 11.3. The van der Waals surface area contributed by atoms with Crippen LogP contribution in [-0.2, 0) is 14.8 Å². The molecule has 1 N–H and O–H groups in total. The normalized spacial score (nSPS) is 14.0. The van der Waals surface area contributed by atoms with Gasteiger partial charge in [0.2, 0.25) is 5.91 Å². The number of aryl methyl sites for hydroxylation is 1. The molecule has 0 spiro atoms. The minimum absolute atomic E-state index is 0.0659. The zero-order valence-electron chi connectivity index (χ0n) is 19.1. The Balaban J connectivity index is 1.53. The third kappa shape index (κ3) is 5.72. The number of anilines is 3. The molecule has 3 aromatic rings. The van der Waals surface area contributed by atoms with Crippen LogP contribution < -0.4 is 14.5 Å². The van der Waals surface area contributed by atoms with Crippen molar-refractivity contribution in [2.45, 2.75) is 31.1 Å². The van der Waals surface area contributed by atoms with Crippen molar-refractivity contribution in [3.8, 4) is 0 Å². The van der Waals surface area contributed by atoms with Gasteiger partial charge < -0.3 is 10.2 Å². The number of nitrogens with zero attached hydrogens (tertiary/aromatic N) is 2. The first kappa shape index (κ1) is 24.1. The molecule has 34 heavy (non-hydrogen) atoms. The molecule has 1 aliphatic heterocycles. The summed E-state index contributed by atoms with van der Waals surface area (Å²) in [6.07, 6.45) is 3.64. The van der Waals surface area contributed by atoms with E-state index >= 15 is 0 Å². The Morgan fingerprint density at radius 3 is 2.15 bits per heavy atom. The van der Waals surface area contributed by atoms with Crippen LogP contribution in [0.5, 0.6) is 0 Å². The lowest BCUT2D eigenvalue weighted by Gasteiger charge is -2.29. The Labute approximate surface area is 206 Å². The molecule has 0 aliphatic carbocycles. The number of amides is 1. The zero-order valence-corrected chi connectivity index (χ0v) is 20.6. The fourth-order valence-corrected chi connectivity index (χ4v) is 5.55. The SMILES string of the molecule is Cc1ccc(N(CC(=O)Nc2ccc(N3CCCCC3)cc2)S(=O)(=O)c2ccc(Cl)cc2)cc1. The monoisotopic (exact) mass is 497 g/mol. The summed E-state index contributed by atoms with van der Waals surface area (Å²) in [5, 5.41) is 3.27. The number of nitrogens with one attached hydrogen (secondary N) is 1. The Kier molecular flexibility index (Phi) is 7.44. The molecule has 1 saturated heterocycles. The predicted molar refractivity (Wildman–Crippen MR) is 138 cm³/mol. The average molecular weight is 498 g/mol. The maximum Gasteiger partial charge on any atom is 0.264 e. The molecular weight excluding hydrogens is 470 g/mol. The molecule has 6 nitrogen and oxygen atoms in total. The second-order valence-electron chi connectivity index (χ2n) is 8.44. The van der Waals surface area contributed by atoms with E-state index < -0.39 is 15.9 Å². The van der Waals surface area contributed by atoms with E-state index in [2.05, 4.69) is 10.2 Å². The van der Waals surface area contributed by atoms with E-state index in [1.165, 1.54) is 43.5 Å². The van der Waals surface area contributed by atoms with Crippen LogP contribution in [0.25, 0.3) is 0 Å². The van der Waals surface area contributed by atoms with Gasteiger partial charge in [-0.25, -0.2) is 8.42 Å². The van der Waals surface area contributed by atoms with Gasteiger partial charge in [0, 0.05) is 29.5 Å². The Morgan fingerprint density at radius 2 is 1.53 bits per heavy atom. The van der Waals surface area contributed by atoms with Crippen LogP contribution in [-0.4, -0.2) is 34.0 Å². The van der Waals surface area contributed by atoms with E-state index in [9.17, 15) is 13.2 Å². The van der Waals surface area contributed by atoms with Crippen LogP contribution >= 0.6 is 11.6 Å². The summed E-state index contributed by atoms with van der Waals surface area (Å²) in [4.78, 5) is 15.3. The fraction of sp³-hybridized carbons (Fsp3) is 0.269. The number of sulfonamides is 1. The van der Waals surface area contributed by atoms with Gasteiger partial charge in [-0.05, 0) is 86.8 Å². The van der Waals surface area contributed by atoms with Crippen molar-refractivity contribution in [3.63, 3.8) is 0 Å². The summed E-state index contributed by atoms with van der Waals surface area (Å²) in [5.74, 6) is -0.427. The standard InChI is InChI=1S/C26H28ClN3O3S/c1-20-5-11-24(12-6-20)30(34(32,33)25-15-7-21(27)8-16-25)19-26(31)28-22-9-13-23(14-10-22)29-17-3-2-4-18-29/h5-16H,2-4,17-19H2,1H3,(H,28,31). The molecule has 0 unspecified atom stereocenters. The van der Waals surface area contributed by atoms with Crippen molar-refractivity contribution < 1.29 is 13.2 Å². The Bertz CT molecular complexity index is 1220. The third-order valence-corrected chi connectivity index (χ3v) is 7.92. The highest BCUT2D eigenvalue weighted by atomic mass is 35.5. The maximum atomic E-state index is 13.4. The maximum absolute atomic E-state index is 13.4. The predicted octanol–water partition coefficient (Wildman–Crippen LogP) is 5.47. The molecular formula is C26H28ClN3O3S. The minimum Gasteiger partial charge on any atom is -0.372 e. The van der Waals surface area contributed by atoms with Crippen molar-refractivity contribution in [2.75, 3.05) is 34.2 Å². The van der Waals surface area contributed by atoms with E-state index in [-0.39, 0.29) is 11.4 Å². The van der Waals surface area contributed by atoms with E-state index in [1.807, 2.05) is 43.3 Å². The molecule has 178 valence electrons. The summed E-state index contributed by atoms with van der Waals surface area (Å²) in [7, 11) is -3.99. The topological polar surface area (TPSA) is 69.7 Å². The molecule has 0 bridgehead atoms. The number of rotatable bonds is 7. The molecule has 1 heterocycles. The number of carbonyl (C=O) groups excluding carboxylic acids is 1. The second kappa shape index (κ2) is 10.5. The minimum atomic E-state index is -3.99. The van der Waals surface area contributed by atoms with Crippen molar-refractivity contribution in [2.24, 2.45) is 0 Å². The van der Waals surface area contributed by atoms with Crippen LogP contribution in [0.15, 0.2) is 77.7 Å². The summed E-state index contributed by atoms with van der Waals surface area (Å²) < 4.78 is 28.0. The highest BCUT2D eigenvalue weighted by Gasteiger charge is 2.27. The van der Waals surface area contributed by atoms with Gasteiger partial charge in [0.25, 0.3) is 10.0 Å². The largest absolute Gasteiger partial charge is 0.372 e. The van der Waals surface area contributed by atoms with Crippen LogP contribution in [0.2, 0.25) is 5.02 Å².